The molecule has 18 heavy (non-hydrogen) atoms. The summed E-state index contributed by atoms with van der Waals surface area (Å²) >= 11 is 14.9. The maximum absolute atomic E-state index is 5.89. The molecule has 1 N–H and O–H groups in total. The lowest BCUT2D eigenvalue weighted by atomic mass is 10.1. The molecular weight excluding hydrogens is 330 g/mol. The Kier molecular flexibility index (Phi) is 4.25. The first-order valence-electron chi connectivity index (χ1n) is 5.62. The number of halogens is 2. The molecule has 2 aromatic rings. The van der Waals surface area contributed by atoms with E-state index in [0.717, 1.165) is 42.6 Å². The monoisotopic (exact) mass is 341 g/mol. The van der Waals surface area contributed by atoms with Gasteiger partial charge in [0.25, 0.3) is 0 Å². The van der Waals surface area contributed by atoms with Crippen LogP contribution in [0.5, 0.6) is 0 Å². The molecule has 4 heteroatoms. The normalized spacial score (nSPS) is 12.1. The number of aryl methyl sites for hydroxylation is 1. The number of hydrogen-bond donors (Lipinski definition) is 1. The third-order valence-electron chi connectivity index (χ3n) is 2.86. The van der Waals surface area contributed by atoms with E-state index < -0.39 is 0 Å². The fourth-order valence-electron chi connectivity index (χ4n) is 1.91. The van der Waals surface area contributed by atoms with E-state index in [-0.39, 0.29) is 0 Å². The quantitative estimate of drug-likeness (QED) is 0.697. The number of fused-ring (bicyclic) bond motifs is 1. The van der Waals surface area contributed by atoms with E-state index in [2.05, 4.69) is 20.9 Å². The summed E-state index contributed by atoms with van der Waals surface area (Å²) in [6, 6.07) is 6.10. The largest absolute Gasteiger partial charge is 0.358 e. The van der Waals surface area contributed by atoms with Gasteiger partial charge in [-0.15, -0.1) is 0 Å². The molecule has 1 nitrogen and oxygen atoms in total. The number of rotatable bonds is 2. The first kappa shape index (κ1) is 13.8. The second-order valence-electron chi connectivity index (χ2n) is 4.24. The van der Waals surface area contributed by atoms with Gasteiger partial charge in [0, 0.05) is 26.1 Å². The average molecular weight is 343 g/mol. The van der Waals surface area contributed by atoms with Crippen LogP contribution >= 0.6 is 39.7 Å². The Morgan fingerprint density at radius 2 is 2.22 bits per heavy atom. The fourth-order valence-corrected chi connectivity index (χ4v) is 2.76. The predicted octanol–water partition coefficient (Wildman–Crippen LogP) is 5.65. The molecule has 0 aliphatic carbocycles. The number of nitrogens with one attached hydrogen (secondary N) is 1. The molecule has 1 aromatic heterocycles. The van der Waals surface area contributed by atoms with E-state index in [1.807, 2.05) is 38.1 Å². The smallest absolute Gasteiger partial charge is 0.0523 e. The van der Waals surface area contributed by atoms with Gasteiger partial charge in [0.15, 0.2) is 0 Å². The van der Waals surface area contributed by atoms with Crippen LogP contribution in [0.2, 0.25) is 0 Å². The van der Waals surface area contributed by atoms with Gasteiger partial charge < -0.3 is 4.98 Å². The van der Waals surface area contributed by atoms with Crippen molar-refractivity contribution in [3.8, 4) is 0 Å². The highest BCUT2D eigenvalue weighted by Gasteiger charge is 2.05. The lowest BCUT2D eigenvalue weighted by Gasteiger charge is -2.08. The Labute approximate surface area is 125 Å². The summed E-state index contributed by atoms with van der Waals surface area (Å²) in [4.78, 5) is 3.39. The molecule has 0 saturated carbocycles. The highest BCUT2D eigenvalue weighted by atomic mass is 79.9. The van der Waals surface area contributed by atoms with Crippen LogP contribution < -0.4 is 0 Å². The Morgan fingerprint density at radius 3 is 2.89 bits per heavy atom. The van der Waals surface area contributed by atoms with Gasteiger partial charge in [0.1, 0.15) is 0 Å². The molecule has 1 aromatic carbocycles. The van der Waals surface area contributed by atoms with Crippen molar-refractivity contribution in [3.05, 3.63) is 49.5 Å². The Bertz CT molecular complexity index is 684. The number of H-pyrrole nitrogens is 1. The van der Waals surface area contributed by atoms with Crippen LogP contribution in [0.25, 0.3) is 10.9 Å². The zero-order valence-electron chi connectivity index (χ0n) is 10.2. The van der Waals surface area contributed by atoms with E-state index in [1.54, 1.807) is 0 Å². The fraction of sp³-hybridized carbons (Fsp3) is 0.214. The van der Waals surface area contributed by atoms with Crippen LogP contribution in [0.3, 0.4) is 0 Å². The Hall–Kier alpha value is -0.640. The van der Waals surface area contributed by atoms with Gasteiger partial charge in [-0.3, -0.25) is 0 Å². The summed E-state index contributed by atoms with van der Waals surface area (Å²) in [7, 11) is 0. The molecule has 0 saturated heterocycles. The molecular formula is C14H13BrClNS. The van der Waals surface area contributed by atoms with Crippen molar-refractivity contribution in [1.82, 2.24) is 4.98 Å². The molecule has 94 valence electrons. The van der Waals surface area contributed by atoms with Crippen molar-refractivity contribution in [2.45, 2.75) is 20.3 Å². The predicted molar refractivity (Wildman–Crippen MR) is 84.9 cm³/mol. The van der Waals surface area contributed by atoms with Crippen LogP contribution in [0, 0.1) is 11.4 Å². The molecule has 0 aliphatic rings. The van der Waals surface area contributed by atoms with Gasteiger partial charge in [-0.2, -0.15) is 0 Å². The van der Waals surface area contributed by atoms with Crippen LogP contribution in [-0.2, 0) is 6.42 Å². The van der Waals surface area contributed by atoms with Crippen LogP contribution in [0.15, 0.2) is 33.8 Å². The van der Waals surface area contributed by atoms with Crippen molar-refractivity contribution < 1.29 is 0 Å². The molecule has 0 aliphatic heterocycles. The van der Waals surface area contributed by atoms with Gasteiger partial charge in [0.05, 0.1) is 4.51 Å². The number of aromatic amines is 1. The lowest BCUT2D eigenvalue weighted by Crippen LogP contribution is -1.95. The maximum atomic E-state index is 5.89. The van der Waals surface area contributed by atoms with E-state index in [4.69, 9.17) is 23.8 Å². The highest BCUT2D eigenvalue weighted by molar-refractivity contribution is 9.10. The summed E-state index contributed by atoms with van der Waals surface area (Å²) < 4.78 is 1.94. The summed E-state index contributed by atoms with van der Waals surface area (Å²) in [6.45, 7) is 3.92. The third-order valence-corrected chi connectivity index (χ3v) is 3.98. The van der Waals surface area contributed by atoms with Crippen molar-refractivity contribution in [2.24, 2.45) is 0 Å². The third kappa shape index (κ3) is 2.85. The van der Waals surface area contributed by atoms with Crippen molar-refractivity contribution >= 4 is 50.7 Å². The SMILES string of the molecule is CC(Cl)=CCc1c(C)[nH]c2ccc(Br)cc2c1=S. The number of pyridine rings is 1. The van der Waals surface area contributed by atoms with Crippen LogP contribution in [-0.4, -0.2) is 4.98 Å². The standard InChI is InChI=1S/C14H13BrClNS/c1-8(16)3-5-11-9(2)17-13-6-4-10(15)7-12(13)14(11)18/h3-4,6-7H,5H2,1-2H3,(H,17,18). The first-order valence-corrected chi connectivity index (χ1v) is 7.20. The van der Waals surface area contributed by atoms with Gasteiger partial charge in [-0.1, -0.05) is 45.8 Å². The minimum atomic E-state index is 0.763. The highest BCUT2D eigenvalue weighted by Crippen LogP contribution is 2.24. The molecule has 0 amide bonds. The Morgan fingerprint density at radius 1 is 1.50 bits per heavy atom. The van der Waals surface area contributed by atoms with Gasteiger partial charge >= 0.3 is 0 Å². The van der Waals surface area contributed by atoms with E-state index in [0.29, 0.717) is 0 Å². The van der Waals surface area contributed by atoms with E-state index >= 15 is 0 Å². The molecule has 0 radical (unpaired) electrons. The van der Waals surface area contributed by atoms with Crippen molar-refractivity contribution in [3.63, 3.8) is 0 Å². The molecule has 0 spiro atoms. The van der Waals surface area contributed by atoms with Gasteiger partial charge in [-0.25, -0.2) is 0 Å². The molecule has 0 fully saturated rings. The molecule has 0 unspecified atom stereocenters. The summed E-state index contributed by atoms with van der Waals surface area (Å²) in [5.74, 6) is 0. The van der Waals surface area contributed by atoms with E-state index in [9.17, 15) is 0 Å². The van der Waals surface area contributed by atoms with Gasteiger partial charge in [-0.05, 0) is 44.0 Å². The molecule has 2 rings (SSSR count). The average Bonchev–Trinajstić information content (AvgIpc) is 2.30. The maximum Gasteiger partial charge on any atom is 0.0523 e. The second kappa shape index (κ2) is 5.55. The number of aromatic nitrogens is 1. The number of allylic oxidation sites excluding steroid dienone is 2. The van der Waals surface area contributed by atoms with Crippen molar-refractivity contribution in [2.75, 3.05) is 0 Å². The lowest BCUT2D eigenvalue weighted by molar-refractivity contribution is 1.12. The zero-order chi connectivity index (χ0) is 13.3. The van der Waals surface area contributed by atoms with Crippen molar-refractivity contribution in [1.29, 1.82) is 0 Å². The summed E-state index contributed by atoms with van der Waals surface area (Å²) in [6.07, 6.45) is 2.75. The first-order chi connectivity index (χ1) is 8.49. The molecule has 0 bridgehead atoms. The molecule has 0 atom stereocenters. The van der Waals surface area contributed by atoms with Crippen LogP contribution in [0.4, 0.5) is 0 Å². The second-order valence-corrected chi connectivity index (χ2v) is 6.16. The zero-order valence-corrected chi connectivity index (χ0v) is 13.3. The Balaban J connectivity index is 2.67. The summed E-state index contributed by atoms with van der Waals surface area (Å²) in [5.41, 5.74) is 3.30. The van der Waals surface area contributed by atoms with Gasteiger partial charge in [0.2, 0.25) is 0 Å². The number of benzene rings is 1. The summed E-state index contributed by atoms with van der Waals surface area (Å²) in [5, 5.41) is 1.86. The van der Waals surface area contributed by atoms with E-state index in [1.165, 1.54) is 0 Å². The number of hydrogen-bond acceptors (Lipinski definition) is 1. The minimum Gasteiger partial charge on any atom is -0.358 e. The minimum absolute atomic E-state index is 0.763. The van der Waals surface area contributed by atoms with Crippen LogP contribution in [0.1, 0.15) is 18.2 Å². The molecule has 1 heterocycles. The topological polar surface area (TPSA) is 15.8 Å².